The molecule has 1 rings (SSSR count). The zero-order valence-electron chi connectivity index (χ0n) is 6.48. The second-order valence-electron chi connectivity index (χ2n) is 2.47. The molecule has 0 unspecified atom stereocenters. The van der Waals surface area contributed by atoms with Crippen LogP contribution in [0, 0.1) is 5.41 Å². The SMILES string of the molecule is N=C(N)Cc1ccc(C(F)(F)F)o1. The van der Waals surface area contributed by atoms with Gasteiger partial charge in [-0.2, -0.15) is 13.2 Å². The molecule has 0 amide bonds. The molecule has 0 aliphatic rings. The number of furan rings is 1. The van der Waals surface area contributed by atoms with E-state index < -0.39 is 11.9 Å². The van der Waals surface area contributed by atoms with E-state index in [0.29, 0.717) is 0 Å². The third kappa shape index (κ3) is 2.50. The maximum Gasteiger partial charge on any atom is 0.449 e. The summed E-state index contributed by atoms with van der Waals surface area (Å²) in [6, 6.07) is 1.97. The highest BCUT2D eigenvalue weighted by molar-refractivity contribution is 5.78. The van der Waals surface area contributed by atoms with Gasteiger partial charge in [-0.3, -0.25) is 5.41 Å². The van der Waals surface area contributed by atoms with Crippen LogP contribution in [0.5, 0.6) is 0 Å². The molecule has 0 saturated carbocycles. The van der Waals surface area contributed by atoms with Crippen LogP contribution >= 0.6 is 0 Å². The number of nitrogens with two attached hydrogens (primary N) is 1. The van der Waals surface area contributed by atoms with Crippen LogP contribution in [0.15, 0.2) is 16.5 Å². The second kappa shape index (κ2) is 3.12. The van der Waals surface area contributed by atoms with Crippen LogP contribution in [0.25, 0.3) is 0 Å². The van der Waals surface area contributed by atoms with E-state index in [1.165, 1.54) is 0 Å². The molecule has 0 bridgehead atoms. The maximum absolute atomic E-state index is 12.0. The Balaban J connectivity index is 2.81. The predicted octanol–water partition coefficient (Wildman–Crippen LogP) is 1.78. The third-order valence-corrected chi connectivity index (χ3v) is 1.31. The van der Waals surface area contributed by atoms with Crippen molar-refractivity contribution in [1.29, 1.82) is 5.41 Å². The summed E-state index contributed by atoms with van der Waals surface area (Å²) in [6.45, 7) is 0. The fraction of sp³-hybridized carbons (Fsp3) is 0.286. The summed E-state index contributed by atoms with van der Waals surface area (Å²) in [5.41, 5.74) is 4.98. The predicted molar refractivity (Wildman–Crippen MR) is 39.3 cm³/mol. The van der Waals surface area contributed by atoms with E-state index in [2.05, 4.69) is 4.42 Å². The lowest BCUT2D eigenvalue weighted by Gasteiger charge is -2.00. The molecule has 1 aromatic heterocycles. The first kappa shape index (κ1) is 9.63. The molecule has 72 valence electrons. The van der Waals surface area contributed by atoms with E-state index in [1.807, 2.05) is 0 Å². The van der Waals surface area contributed by atoms with E-state index in [0.717, 1.165) is 12.1 Å². The summed E-state index contributed by atoms with van der Waals surface area (Å²) in [5, 5.41) is 6.83. The number of rotatable bonds is 2. The van der Waals surface area contributed by atoms with Gasteiger partial charge in [-0.25, -0.2) is 0 Å². The van der Waals surface area contributed by atoms with Gasteiger partial charge in [0, 0.05) is 0 Å². The van der Waals surface area contributed by atoms with Gasteiger partial charge < -0.3 is 10.2 Å². The van der Waals surface area contributed by atoms with Crippen LogP contribution in [-0.2, 0) is 12.6 Å². The van der Waals surface area contributed by atoms with Gasteiger partial charge in [0.25, 0.3) is 0 Å². The van der Waals surface area contributed by atoms with Crippen molar-refractivity contribution in [3.63, 3.8) is 0 Å². The minimum Gasteiger partial charge on any atom is -0.456 e. The Labute approximate surface area is 71.8 Å². The van der Waals surface area contributed by atoms with Crippen LogP contribution in [-0.4, -0.2) is 5.84 Å². The highest BCUT2D eigenvalue weighted by Crippen LogP contribution is 2.30. The molecular weight excluding hydrogens is 185 g/mol. The van der Waals surface area contributed by atoms with Gasteiger partial charge in [0.05, 0.1) is 12.3 Å². The third-order valence-electron chi connectivity index (χ3n) is 1.31. The molecule has 0 aromatic carbocycles. The van der Waals surface area contributed by atoms with Crippen LogP contribution in [0.4, 0.5) is 13.2 Å². The molecule has 1 aromatic rings. The zero-order valence-corrected chi connectivity index (χ0v) is 6.48. The van der Waals surface area contributed by atoms with E-state index in [-0.39, 0.29) is 18.0 Å². The molecule has 1 heterocycles. The molecule has 0 atom stereocenters. The normalized spacial score (nSPS) is 11.6. The van der Waals surface area contributed by atoms with Crippen molar-refractivity contribution in [2.24, 2.45) is 5.73 Å². The first-order valence-electron chi connectivity index (χ1n) is 3.38. The van der Waals surface area contributed by atoms with E-state index in [4.69, 9.17) is 11.1 Å². The number of nitrogens with one attached hydrogen (secondary N) is 1. The van der Waals surface area contributed by atoms with Gasteiger partial charge in [0.2, 0.25) is 5.76 Å². The van der Waals surface area contributed by atoms with Crippen LogP contribution < -0.4 is 5.73 Å². The Bertz CT molecular complexity index is 316. The van der Waals surface area contributed by atoms with Gasteiger partial charge in [-0.15, -0.1) is 0 Å². The Morgan fingerprint density at radius 3 is 2.46 bits per heavy atom. The zero-order chi connectivity index (χ0) is 10.1. The Hall–Kier alpha value is -1.46. The summed E-state index contributed by atoms with van der Waals surface area (Å²) in [7, 11) is 0. The van der Waals surface area contributed by atoms with Gasteiger partial charge in [-0.1, -0.05) is 0 Å². The highest BCUT2D eigenvalue weighted by Gasteiger charge is 2.34. The van der Waals surface area contributed by atoms with Crippen molar-refractivity contribution < 1.29 is 17.6 Å². The molecule has 0 radical (unpaired) electrons. The topological polar surface area (TPSA) is 63.0 Å². The molecule has 3 N–H and O–H groups in total. The van der Waals surface area contributed by atoms with Crippen LogP contribution in [0.1, 0.15) is 11.5 Å². The summed E-state index contributed by atoms with van der Waals surface area (Å²) in [4.78, 5) is 0. The van der Waals surface area contributed by atoms with Crippen molar-refractivity contribution in [3.05, 3.63) is 23.7 Å². The first-order chi connectivity index (χ1) is 5.89. The molecule has 6 heteroatoms. The summed E-state index contributed by atoms with van der Waals surface area (Å²) in [6.07, 6.45) is -4.58. The minimum absolute atomic E-state index is 0.0415. The number of hydrogen-bond acceptors (Lipinski definition) is 2. The number of halogens is 3. The van der Waals surface area contributed by atoms with Gasteiger partial charge in [0.15, 0.2) is 0 Å². The number of hydrogen-bond donors (Lipinski definition) is 2. The quantitative estimate of drug-likeness (QED) is 0.554. The van der Waals surface area contributed by atoms with Gasteiger partial charge >= 0.3 is 6.18 Å². The monoisotopic (exact) mass is 192 g/mol. The second-order valence-corrected chi connectivity index (χ2v) is 2.47. The van der Waals surface area contributed by atoms with Crippen molar-refractivity contribution in [2.45, 2.75) is 12.6 Å². The lowest BCUT2D eigenvalue weighted by atomic mass is 10.3. The van der Waals surface area contributed by atoms with Gasteiger partial charge in [-0.05, 0) is 12.1 Å². The fourth-order valence-electron chi connectivity index (χ4n) is 0.813. The molecular formula is C7H7F3N2O. The van der Waals surface area contributed by atoms with Crippen molar-refractivity contribution in [1.82, 2.24) is 0 Å². The molecule has 0 aliphatic carbocycles. The molecule has 0 fully saturated rings. The van der Waals surface area contributed by atoms with Gasteiger partial charge in [0.1, 0.15) is 5.76 Å². The van der Waals surface area contributed by atoms with Crippen molar-refractivity contribution in [2.75, 3.05) is 0 Å². The maximum atomic E-state index is 12.0. The van der Waals surface area contributed by atoms with Crippen LogP contribution in [0.3, 0.4) is 0 Å². The largest absolute Gasteiger partial charge is 0.456 e. The first-order valence-corrected chi connectivity index (χ1v) is 3.38. The average molecular weight is 192 g/mol. The minimum atomic E-state index is -4.48. The average Bonchev–Trinajstić information content (AvgIpc) is 2.32. The Morgan fingerprint density at radius 1 is 1.46 bits per heavy atom. The Kier molecular flexibility index (Phi) is 2.31. The molecule has 0 spiro atoms. The van der Waals surface area contributed by atoms with E-state index in [1.54, 1.807) is 0 Å². The smallest absolute Gasteiger partial charge is 0.449 e. The summed E-state index contributed by atoms with van der Waals surface area (Å²) >= 11 is 0. The molecule has 0 saturated heterocycles. The number of amidine groups is 1. The highest BCUT2D eigenvalue weighted by atomic mass is 19.4. The Morgan fingerprint density at radius 2 is 2.08 bits per heavy atom. The number of alkyl halides is 3. The lowest BCUT2D eigenvalue weighted by molar-refractivity contribution is -0.153. The molecule has 3 nitrogen and oxygen atoms in total. The van der Waals surface area contributed by atoms with Crippen LogP contribution in [0.2, 0.25) is 0 Å². The van der Waals surface area contributed by atoms with E-state index in [9.17, 15) is 13.2 Å². The molecule has 0 aliphatic heterocycles. The summed E-state index contributed by atoms with van der Waals surface area (Å²) in [5.74, 6) is -1.26. The lowest BCUT2D eigenvalue weighted by Crippen LogP contribution is -2.12. The molecule has 13 heavy (non-hydrogen) atoms. The van der Waals surface area contributed by atoms with E-state index >= 15 is 0 Å². The fourth-order valence-corrected chi connectivity index (χ4v) is 0.813. The standard InChI is InChI=1S/C7H7F3N2O/c8-7(9,10)5-2-1-4(13-5)3-6(11)12/h1-2H,3H2,(H3,11,12). The van der Waals surface area contributed by atoms with Crippen molar-refractivity contribution in [3.8, 4) is 0 Å². The van der Waals surface area contributed by atoms with Crippen molar-refractivity contribution >= 4 is 5.84 Å². The summed E-state index contributed by atoms with van der Waals surface area (Å²) < 4.78 is 40.3.